The highest BCUT2D eigenvalue weighted by molar-refractivity contribution is 6.31. The summed E-state index contributed by atoms with van der Waals surface area (Å²) in [5.74, 6) is 0.263. The highest BCUT2D eigenvalue weighted by Gasteiger charge is 2.05. The van der Waals surface area contributed by atoms with Gasteiger partial charge in [-0.1, -0.05) is 11.6 Å². The summed E-state index contributed by atoms with van der Waals surface area (Å²) in [7, 11) is 0. The van der Waals surface area contributed by atoms with Crippen LogP contribution in [0.15, 0.2) is 42.5 Å². The predicted molar refractivity (Wildman–Crippen MR) is 82.1 cm³/mol. The maximum Gasteiger partial charge on any atom is 0.262 e. The van der Waals surface area contributed by atoms with Crippen molar-refractivity contribution >= 4 is 29.5 Å². The van der Waals surface area contributed by atoms with E-state index in [1.807, 2.05) is 6.92 Å². The van der Waals surface area contributed by atoms with E-state index in [0.29, 0.717) is 22.0 Å². The van der Waals surface area contributed by atoms with Crippen molar-refractivity contribution in [1.29, 1.82) is 0 Å². The summed E-state index contributed by atoms with van der Waals surface area (Å²) in [6.45, 7) is 1.76. The zero-order chi connectivity index (χ0) is 15.2. The summed E-state index contributed by atoms with van der Waals surface area (Å²) in [6, 6.07) is 11.8. The molecular formula is C16H14ClNO3. The summed E-state index contributed by atoms with van der Waals surface area (Å²) >= 11 is 5.92. The van der Waals surface area contributed by atoms with Crippen LogP contribution < -0.4 is 10.1 Å². The highest BCUT2D eigenvalue weighted by Crippen LogP contribution is 2.19. The number of amides is 1. The van der Waals surface area contributed by atoms with Gasteiger partial charge in [0.15, 0.2) is 6.61 Å². The van der Waals surface area contributed by atoms with E-state index in [9.17, 15) is 9.59 Å². The summed E-state index contributed by atoms with van der Waals surface area (Å²) in [4.78, 5) is 22.3. The van der Waals surface area contributed by atoms with Gasteiger partial charge in [0.1, 0.15) is 12.0 Å². The first-order valence-electron chi connectivity index (χ1n) is 6.32. The monoisotopic (exact) mass is 303 g/mol. The van der Waals surface area contributed by atoms with E-state index in [1.165, 1.54) is 0 Å². The number of ether oxygens (including phenoxy) is 1. The fraction of sp³-hybridized carbons (Fsp3) is 0.125. The molecule has 0 atom stereocenters. The molecule has 0 aromatic heterocycles. The van der Waals surface area contributed by atoms with Crippen LogP contribution in [0.25, 0.3) is 0 Å². The first-order chi connectivity index (χ1) is 10.1. The number of benzene rings is 2. The molecular weight excluding hydrogens is 290 g/mol. The minimum absolute atomic E-state index is 0.109. The van der Waals surface area contributed by atoms with Gasteiger partial charge < -0.3 is 10.1 Å². The van der Waals surface area contributed by atoms with Gasteiger partial charge in [0.05, 0.1) is 0 Å². The Morgan fingerprint density at radius 2 is 1.95 bits per heavy atom. The van der Waals surface area contributed by atoms with E-state index in [2.05, 4.69) is 5.32 Å². The molecule has 0 aliphatic carbocycles. The molecule has 0 unspecified atom stereocenters. The van der Waals surface area contributed by atoms with Crippen molar-refractivity contribution < 1.29 is 14.3 Å². The molecule has 0 aliphatic heterocycles. The third kappa shape index (κ3) is 4.33. The summed E-state index contributed by atoms with van der Waals surface area (Å²) in [6.07, 6.45) is 0.749. The van der Waals surface area contributed by atoms with Gasteiger partial charge in [0, 0.05) is 16.3 Å². The lowest BCUT2D eigenvalue weighted by Crippen LogP contribution is -2.20. The van der Waals surface area contributed by atoms with E-state index in [-0.39, 0.29) is 12.5 Å². The standard InChI is InChI=1S/C16H14ClNO3/c1-11-8-13(4-7-15(11)17)18-16(20)10-21-14-5-2-12(9-19)3-6-14/h2-9H,10H2,1H3,(H,18,20). The van der Waals surface area contributed by atoms with Crippen LogP contribution in [0, 0.1) is 6.92 Å². The number of nitrogens with one attached hydrogen (secondary N) is 1. The number of aldehydes is 1. The molecule has 0 heterocycles. The predicted octanol–water partition coefficient (Wildman–Crippen LogP) is 3.48. The van der Waals surface area contributed by atoms with Crippen LogP contribution in [0.3, 0.4) is 0 Å². The van der Waals surface area contributed by atoms with Gasteiger partial charge in [-0.2, -0.15) is 0 Å². The van der Waals surface area contributed by atoms with Gasteiger partial charge >= 0.3 is 0 Å². The SMILES string of the molecule is Cc1cc(NC(=O)COc2ccc(C=O)cc2)ccc1Cl. The van der Waals surface area contributed by atoms with Crippen LogP contribution in [0.4, 0.5) is 5.69 Å². The fourth-order valence-corrected chi connectivity index (χ4v) is 1.83. The Kier molecular flexibility index (Phi) is 4.95. The molecule has 0 saturated heterocycles. The number of aryl methyl sites for hydroxylation is 1. The number of halogens is 1. The number of rotatable bonds is 5. The van der Waals surface area contributed by atoms with Gasteiger partial charge in [-0.3, -0.25) is 9.59 Å². The van der Waals surface area contributed by atoms with Gasteiger partial charge in [-0.15, -0.1) is 0 Å². The van der Waals surface area contributed by atoms with Gasteiger partial charge in [0.2, 0.25) is 0 Å². The molecule has 0 spiro atoms. The third-order valence-corrected chi connectivity index (χ3v) is 3.25. The Bertz CT molecular complexity index is 653. The molecule has 2 rings (SSSR count). The average molecular weight is 304 g/mol. The van der Waals surface area contributed by atoms with Crippen molar-refractivity contribution in [2.24, 2.45) is 0 Å². The van der Waals surface area contributed by atoms with E-state index in [0.717, 1.165) is 11.8 Å². The molecule has 4 nitrogen and oxygen atoms in total. The number of carbonyl (C=O) groups is 2. The molecule has 0 aliphatic rings. The second-order valence-electron chi connectivity index (χ2n) is 4.49. The number of carbonyl (C=O) groups excluding carboxylic acids is 2. The molecule has 0 saturated carbocycles. The van der Waals surface area contributed by atoms with Gasteiger partial charge in [-0.05, 0) is 55.0 Å². The van der Waals surface area contributed by atoms with Gasteiger partial charge in [0.25, 0.3) is 5.91 Å². The lowest BCUT2D eigenvalue weighted by molar-refractivity contribution is -0.118. The van der Waals surface area contributed by atoms with Gasteiger partial charge in [-0.25, -0.2) is 0 Å². The van der Waals surface area contributed by atoms with Crippen LogP contribution >= 0.6 is 11.6 Å². The fourth-order valence-electron chi connectivity index (χ4n) is 1.71. The Morgan fingerprint density at radius 3 is 2.57 bits per heavy atom. The van der Waals surface area contributed by atoms with E-state index in [1.54, 1.807) is 42.5 Å². The smallest absolute Gasteiger partial charge is 0.262 e. The van der Waals surface area contributed by atoms with Crippen LogP contribution in [0.1, 0.15) is 15.9 Å². The van der Waals surface area contributed by atoms with Crippen LogP contribution in [-0.4, -0.2) is 18.8 Å². The largest absolute Gasteiger partial charge is 0.484 e. The van der Waals surface area contributed by atoms with E-state index < -0.39 is 0 Å². The normalized spacial score (nSPS) is 10.0. The molecule has 2 aromatic rings. The van der Waals surface area contributed by atoms with Crippen molar-refractivity contribution in [3.05, 3.63) is 58.6 Å². The second-order valence-corrected chi connectivity index (χ2v) is 4.89. The molecule has 0 radical (unpaired) electrons. The highest BCUT2D eigenvalue weighted by atomic mass is 35.5. The maximum atomic E-state index is 11.8. The topological polar surface area (TPSA) is 55.4 Å². The van der Waals surface area contributed by atoms with Crippen molar-refractivity contribution in [2.45, 2.75) is 6.92 Å². The Morgan fingerprint density at radius 1 is 1.24 bits per heavy atom. The molecule has 108 valence electrons. The van der Waals surface area contributed by atoms with E-state index in [4.69, 9.17) is 16.3 Å². The minimum atomic E-state index is -0.267. The Balaban J connectivity index is 1.89. The zero-order valence-electron chi connectivity index (χ0n) is 11.4. The number of anilines is 1. The number of hydrogen-bond acceptors (Lipinski definition) is 3. The Hall–Kier alpha value is -2.33. The van der Waals surface area contributed by atoms with Crippen LogP contribution in [-0.2, 0) is 4.79 Å². The van der Waals surface area contributed by atoms with Crippen molar-refractivity contribution in [1.82, 2.24) is 0 Å². The van der Waals surface area contributed by atoms with Crippen molar-refractivity contribution in [3.8, 4) is 5.75 Å². The minimum Gasteiger partial charge on any atom is -0.484 e. The molecule has 0 bridgehead atoms. The van der Waals surface area contributed by atoms with Crippen LogP contribution in [0.5, 0.6) is 5.75 Å². The molecule has 1 N–H and O–H groups in total. The zero-order valence-corrected chi connectivity index (χ0v) is 12.2. The lowest BCUT2D eigenvalue weighted by Gasteiger charge is -2.08. The average Bonchev–Trinajstić information content (AvgIpc) is 2.49. The first-order valence-corrected chi connectivity index (χ1v) is 6.70. The van der Waals surface area contributed by atoms with Crippen LogP contribution in [0.2, 0.25) is 5.02 Å². The maximum absolute atomic E-state index is 11.8. The number of hydrogen-bond donors (Lipinski definition) is 1. The van der Waals surface area contributed by atoms with E-state index >= 15 is 0 Å². The lowest BCUT2D eigenvalue weighted by atomic mass is 10.2. The first kappa shape index (κ1) is 15.1. The van der Waals surface area contributed by atoms with Crippen molar-refractivity contribution in [2.75, 3.05) is 11.9 Å². The summed E-state index contributed by atoms with van der Waals surface area (Å²) in [5.41, 5.74) is 2.12. The molecule has 5 heteroatoms. The second kappa shape index (κ2) is 6.90. The third-order valence-electron chi connectivity index (χ3n) is 2.83. The summed E-state index contributed by atoms with van der Waals surface area (Å²) in [5, 5.41) is 3.38. The molecule has 1 amide bonds. The Labute approximate surface area is 127 Å². The molecule has 2 aromatic carbocycles. The summed E-state index contributed by atoms with van der Waals surface area (Å²) < 4.78 is 5.34. The molecule has 0 fully saturated rings. The molecule has 21 heavy (non-hydrogen) atoms. The van der Waals surface area contributed by atoms with Crippen molar-refractivity contribution in [3.63, 3.8) is 0 Å². The quantitative estimate of drug-likeness (QED) is 0.860.